The van der Waals surface area contributed by atoms with Crippen LogP contribution in [0.5, 0.6) is 11.5 Å². The van der Waals surface area contributed by atoms with Crippen LogP contribution in [0.2, 0.25) is 0 Å². The van der Waals surface area contributed by atoms with E-state index in [2.05, 4.69) is 23.7 Å². The van der Waals surface area contributed by atoms with Gasteiger partial charge in [-0.3, -0.25) is 0 Å². The first-order valence-electron chi connectivity index (χ1n) is 14.7. The summed E-state index contributed by atoms with van der Waals surface area (Å²) in [6, 6.07) is 17.6. The lowest BCUT2D eigenvalue weighted by atomic mass is 9.98. The number of benzene rings is 2. The zero-order valence-electron chi connectivity index (χ0n) is 25.1. The van der Waals surface area contributed by atoms with Crippen LogP contribution in [0.4, 0.5) is 9.59 Å². The van der Waals surface area contributed by atoms with Gasteiger partial charge in [0.2, 0.25) is 0 Å². The Kier molecular flexibility index (Phi) is 22.9. The smallest absolute Gasteiger partial charge is 0.431 e. The molecule has 10 heteroatoms. The zero-order chi connectivity index (χ0) is 32.1. The van der Waals surface area contributed by atoms with Crippen molar-refractivity contribution in [3.8, 4) is 35.2 Å². The number of carbonyl (C=O) groups excluding carboxylic acids is 2. The van der Waals surface area contributed by atoms with E-state index < -0.39 is 12.3 Å². The molecule has 0 bridgehead atoms. The van der Waals surface area contributed by atoms with Gasteiger partial charge in [0.05, 0.1) is 0 Å². The monoisotopic (exact) mass is 612 g/mol. The van der Waals surface area contributed by atoms with E-state index in [9.17, 15) is 9.59 Å². The summed E-state index contributed by atoms with van der Waals surface area (Å²) in [4.78, 5) is 22.9. The Balaban J connectivity index is 0.000000325. The highest BCUT2D eigenvalue weighted by atomic mass is 16.7. The van der Waals surface area contributed by atoms with Crippen LogP contribution < -0.4 is 9.47 Å². The third kappa shape index (κ3) is 20.8. The fourth-order valence-electron chi connectivity index (χ4n) is 4.08. The molecule has 240 valence electrons. The summed E-state index contributed by atoms with van der Waals surface area (Å²) in [6.45, 7) is -0.664. The molecule has 0 aromatic heterocycles. The van der Waals surface area contributed by atoms with E-state index in [0.717, 1.165) is 25.7 Å². The second-order valence-corrected chi connectivity index (χ2v) is 9.43. The Morgan fingerprint density at radius 1 is 0.523 bits per heavy atom. The number of aliphatic hydroxyl groups is 4. The van der Waals surface area contributed by atoms with Gasteiger partial charge in [0.15, 0.2) is 0 Å². The molecular formula is C34H44O10. The lowest BCUT2D eigenvalue weighted by molar-refractivity contribution is -0.0189. The molecule has 4 rings (SSSR count). The van der Waals surface area contributed by atoms with Gasteiger partial charge in [0.1, 0.15) is 50.1 Å². The van der Waals surface area contributed by atoms with Crippen LogP contribution in [0.15, 0.2) is 60.7 Å². The molecule has 2 aromatic carbocycles. The van der Waals surface area contributed by atoms with Crippen LogP contribution >= 0.6 is 0 Å². The number of aliphatic hydroxyl groups excluding tert-OH is 4. The summed E-state index contributed by atoms with van der Waals surface area (Å²) in [5.74, 6) is 9.94. The van der Waals surface area contributed by atoms with Gasteiger partial charge in [0.25, 0.3) is 0 Å². The van der Waals surface area contributed by atoms with Gasteiger partial charge in [-0.25, -0.2) is 9.59 Å². The molecule has 0 saturated heterocycles. The highest BCUT2D eigenvalue weighted by Gasteiger charge is 2.22. The first kappa shape index (κ1) is 38.0. The molecule has 0 spiro atoms. The highest BCUT2D eigenvalue weighted by Crippen LogP contribution is 2.23. The molecule has 2 aliphatic carbocycles. The number of ether oxygens (including phenoxy) is 4. The van der Waals surface area contributed by atoms with Crippen molar-refractivity contribution >= 4 is 12.3 Å². The van der Waals surface area contributed by atoms with Gasteiger partial charge in [0, 0.05) is 0 Å². The summed E-state index contributed by atoms with van der Waals surface area (Å²) in [7, 11) is 0. The molecule has 0 aliphatic heterocycles. The lowest BCUT2D eigenvalue weighted by Crippen LogP contribution is -2.26. The van der Waals surface area contributed by atoms with Crippen molar-refractivity contribution in [3.05, 3.63) is 60.7 Å². The van der Waals surface area contributed by atoms with Gasteiger partial charge in [-0.2, -0.15) is 0 Å². The van der Waals surface area contributed by atoms with E-state index in [4.69, 9.17) is 39.4 Å². The summed E-state index contributed by atoms with van der Waals surface area (Å²) in [5, 5.41) is 31.7. The Bertz CT molecular complexity index is 1020. The highest BCUT2D eigenvalue weighted by molar-refractivity contribution is 5.66. The maximum absolute atomic E-state index is 11.5. The second kappa shape index (κ2) is 26.6. The fourth-order valence-corrected chi connectivity index (χ4v) is 4.08. The van der Waals surface area contributed by atoms with Gasteiger partial charge in [-0.05, 0) is 75.6 Å². The van der Waals surface area contributed by atoms with Crippen LogP contribution in [0, 0.1) is 23.7 Å². The van der Waals surface area contributed by atoms with E-state index in [0.29, 0.717) is 11.5 Å². The molecular weight excluding hydrogens is 568 g/mol. The summed E-state index contributed by atoms with van der Waals surface area (Å²) in [6.07, 6.45) is 10.4. The number of rotatable bonds is 4. The molecule has 10 nitrogen and oxygen atoms in total. The van der Waals surface area contributed by atoms with Gasteiger partial charge < -0.3 is 39.4 Å². The first-order chi connectivity index (χ1) is 21.5. The standard InChI is InChI=1S/C13H22O3.C13H10O3.2C4H6O2/c2*14-13(15-11-7-3-1-4-8-11)16-12-9-5-2-6-10-12;2*5-3-1-2-4-6/h11-12H,1-10H2;1-10H;2*5-6H,3-4H2. The number of carbonyl (C=O) groups is 2. The van der Waals surface area contributed by atoms with Gasteiger partial charge in [-0.1, -0.05) is 72.9 Å². The molecule has 4 N–H and O–H groups in total. The summed E-state index contributed by atoms with van der Waals surface area (Å²) >= 11 is 0. The van der Waals surface area contributed by atoms with E-state index in [1.807, 2.05) is 12.1 Å². The van der Waals surface area contributed by atoms with Crippen LogP contribution in [0.1, 0.15) is 64.2 Å². The minimum absolute atomic E-state index is 0.116. The molecule has 0 heterocycles. The van der Waals surface area contributed by atoms with Gasteiger partial charge >= 0.3 is 12.3 Å². The van der Waals surface area contributed by atoms with Gasteiger partial charge in [-0.15, -0.1) is 0 Å². The maximum Gasteiger partial charge on any atom is 0.519 e. The van der Waals surface area contributed by atoms with Crippen molar-refractivity contribution in [3.63, 3.8) is 0 Å². The SMILES string of the molecule is O=C(OC1CCCCC1)OC1CCCCC1.O=C(Oc1ccccc1)Oc1ccccc1.OCC#CCO.OCC#CCO. The quantitative estimate of drug-likeness (QED) is 0.210. The topological polar surface area (TPSA) is 152 Å². The Hall–Kier alpha value is -4.06. The Morgan fingerprint density at radius 3 is 1.14 bits per heavy atom. The molecule has 0 amide bonds. The minimum Gasteiger partial charge on any atom is -0.431 e. The third-order valence-electron chi connectivity index (χ3n) is 6.09. The van der Waals surface area contributed by atoms with Crippen molar-refractivity contribution < 1.29 is 49.0 Å². The normalized spacial score (nSPS) is 13.9. The number of para-hydroxylation sites is 2. The van der Waals surface area contributed by atoms with Crippen LogP contribution in [0.25, 0.3) is 0 Å². The predicted molar refractivity (Wildman–Crippen MR) is 165 cm³/mol. The zero-order valence-corrected chi connectivity index (χ0v) is 25.1. The summed E-state index contributed by atoms with van der Waals surface area (Å²) in [5.41, 5.74) is 0. The molecule has 0 radical (unpaired) electrons. The predicted octanol–water partition coefficient (Wildman–Crippen LogP) is 5.02. The second-order valence-electron chi connectivity index (χ2n) is 9.43. The Labute approximate surface area is 259 Å². The fraction of sp³-hybridized carbons (Fsp3) is 0.471. The molecule has 2 saturated carbocycles. The average molecular weight is 613 g/mol. The van der Waals surface area contributed by atoms with E-state index >= 15 is 0 Å². The molecule has 44 heavy (non-hydrogen) atoms. The van der Waals surface area contributed by atoms with E-state index in [1.165, 1.54) is 38.5 Å². The molecule has 2 aromatic rings. The van der Waals surface area contributed by atoms with Crippen molar-refractivity contribution in [1.82, 2.24) is 0 Å². The van der Waals surface area contributed by atoms with E-state index in [1.54, 1.807) is 48.5 Å². The van der Waals surface area contributed by atoms with Crippen molar-refractivity contribution in [1.29, 1.82) is 0 Å². The largest absolute Gasteiger partial charge is 0.519 e. The first-order valence-corrected chi connectivity index (χ1v) is 14.7. The molecule has 2 fully saturated rings. The maximum atomic E-state index is 11.5. The minimum atomic E-state index is -0.739. The molecule has 2 aliphatic rings. The lowest BCUT2D eigenvalue weighted by Gasteiger charge is -2.25. The number of hydrogen-bond acceptors (Lipinski definition) is 10. The van der Waals surface area contributed by atoms with E-state index in [-0.39, 0.29) is 38.6 Å². The molecule has 0 atom stereocenters. The third-order valence-corrected chi connectivity index (χ3v) is 6.09. The molecule has 0 unspecified atom stereocenters. The van der Waals surface area contributed by atoms with Crippen LogP contribution in [-0.4, -0.2) is 71.4 Å². The Morgan fingerprint density at radius 2 is 0.841 bits per heavy atom. The average Bonchev–Trinajstić information content (AvgIpc) is 3.05. The number of hydrogen-bond donors (Lipinski definition) is 4. The van der Waals surface area contributed by atoms with Crippen molar-refractivity contribution in [2.45, 2.75) is 76.4 Å². The van der Waals surface area contributed by atoms with Crippen LogP contribution in [0.3, 0.4) is 0 Å². The van der Waals surface area contributed by atoms with Crippen molar-refractivity contribution in [2.24, 2.45) is 0 Å². The summed E-state index contributed by atoms with van der Waals surface area (Å²) < 4.78 is 20.6. The van der Waals surface area contributed by atoms with Crippen LogP contribution in [-0.2, 0) is 9.47 Å². The van der Waals surface area contributed by atoms with Crippen molar-refractivity contribution in [2.75, 3.05) is 26.4 Å².